The monoisotopic (exact) mass is 401 g/mol. The second-order valence-electron chi connectivity index (χ2n) is 6.30. The van der Waals surface area contributed by atoms with Crippen molar-refractivity contribution in [2.75, 3.05) is 11.9 Å². The van der Waals surface area contributed by atoms with Gasteiger partial charge < -0.3 is 14.8 Å². The highest BCUT2D eigenvalue weighted by atomic mass is 19.1. The number of carbonyl (C=O) groups excluding carboxylic acids is 2. The summed E-state index contributed by atoms with van der Waals surface area (Å²) in [6, 6.07) is 11.0. The molecule has 0 bridgehead atoms. The van der Waals surface area contributed by atoms with E-state index in [0.717, 1.165) is 0 Å². The van der Waals surface area contributed by atoms with Gasteiger partial charge in [0.05, 0.1) is 24.6 Å². The van der Waals surface area contributed by atoms with Crippen LogP contribution in [0.2, 0.25) is 0 Å². The molecule has 0 aromatic heterocycles. The molecule has 2 N–H and O–H groups in total. The molecule has 0 heterocycles. The van der Waals surface area contributed by atoms with Gasteiger partial charge in [0, 0.05) is 0 Å². The summed E-state index contributed by atoms with van der Waals surface area (Å²) >= 11 is 0. The van der Waals surface area contributed by atoms with Crippen molar-refractivity contribution in [3.63, 3.8) is 0 Å². The first-order chi connectivity index (χ1) is 13.9. The molecular formula is C21H24FN3O4. The Kier molecular flexibility index (Phi) is 8.14. The number of amides is 2. The number of anilines is 1. The van der Waals surface area contributed by atoms with Crippen LogP contribution in [-0.2, 0) is 9.59 Å². The summed E-state index contributed by atoms with van der Waals surface area (Å²) in [6.07, 6.45) is 0.939. The van der Waals surface area contributed by atoms with Gasteiger partial charge in [0.15, 0.2) is 11.5 Å². The van der Waals surface area contributed by atoms with Crippen molar-refractivity contribution >= 4 is 23.7 Å². The zero-order chi connectivity index (χ0) is 21.2. The first kappa shape index (κ1) is 21.9. The van der Waals surface area contributed by atoms with Gasteiger partial charge in [-0.25, -0.2) is 9.82 Å². The molecule has 0 radical (unpaired) electrons. The number of benzene rings is 2. The van der Waals surface area contributed by atoms with Gasteiger partial charge in [-0.05, 0) is 56.7 Å². The predicted octanol–water partition coefficient (Wildman–Crippen LogP) is 3.49. The molecule has 0 aliphatic rings. The fourth-order valence-electron chi connectivity index (χ4n) is 2.35. The number of hydrogen-bond donors (Lipinski definition) is 2. The third-order valence-corrected chi connectivity index (χ3v) is 3.50. The standard InChI is InChI=1S/C21H24FN3O4/c1-4-28-19-11-15(9-10-18(19)29-14(2)3)13-23-25-21(27)12-20(26)24-17-8-6-5-7-16(17)22/h5-11,13-14H,4,12H2,1-3H3,(H,24,26)(H,25,27). The highest BCUT2D eigenvalue weighted by Gasteiger charge is 2.11. The molecule has 0 spiro atoms. The minimum absolute atomic E-state index is 0.00326. The molecular weight excluding hydrogens is 377 g/mol. The molecule has 2 aromatic rings. The molecule has 0 atom stereocenters. The van der Waals surface area contributed by atoms with Gasteiger partial charge in [-0.3, -0.25) is 9.59 Å². The van der Waals surface area contributed by atoms with Crippen molar-refractivity contribution in [2.24, 2.45) is 5.10 Å². The zero-order valence-electron chi connectivity index (χ0n) is 16.6. The van der Waals surface area contributed by atoms with Crippen molar-refractivity contribution in [3.8, 4) is 11.5 Å². The van der Waals surface area contributed by atoms with E-state index in [2.05, 4.69) is 15.8 Å². The molecule has 0 saturated heterocycles. The van der Waals surface area contributed by atoms with Crippen LogP contribution in [0, 0.1) is 5.82 Å². The number of carbonyl (C=O) groups is 2. The van der Waals surface area contributed by atoms with E-state index in [1.807, 2.05) is 20.8 Å². The summed E-state index contributed by atoms with van der Waals surface area (Å²) in [5, 5.41) is 6.17. The lowest BCUT2D eigenvalue weighted by atomic mass is 10.2. The maximum atomic E-state index is 13.5. The molecule has 8 heteroatoms. The molecule has 7 nitrogen and oxygen atoms in total. The normalized spacial score (nSPS) is 10.8. The van der Waals surface area contributed by atoms with Crippen LogP contribution in [0.4, 0.5) is 10.1 Å². The highest BCUT2D eigenvalue weighted by molar-refractivity contribution is 6.03. The SMILES string of the molecule is CCOc1cc(C=NNC(=O)CC(=O)Nc2ccccc2F)ccc1OC(C)C. The minimum atomic E-state index is -0.642. The number of rotatable bonds is 9. The van der Waals surface area contributed by atoms with E-state index in [0.29, 0.717) is 23.7 Å². The Morgan fingerprint density at radius 1 is 1.14 bits per heavy atom. The van der Waals surface area contributed by atoms with Crippen molar-refractivity contribution in [2.45, 2.75) is 33.3 Å². The van der Waals surface area contributed by atoms with Crippen LogP contribution in [-0.4, -0.2) is 30.7 Å². The van der Waals surface area contributed by atoms with Gasteiger partial charge >= 0.3 is 0 Å². The third-order valence-electron chi connectivity index (χ3n) is 3.50. The number of hydrazone groups is 1. The average Bonchev–Trinajstić information content (AvgIpc) is 2.65. The summed E-state index contributed by atoms with van der Waals surface area (Å²) in [6.45, 7) is 6.18. The summed E-state index contributed by atoms with van der Waals surface area (Å²) in [5.41, 5.74) is 2.96. The highest BCUT2D eigenvalue weighted by Crippen LogP contribution is 2.28. The van der Waals surface area contributed by atoms with Crippen LogP contribution >= 0.6 is 0 Å². The van der Waals surface area contributed by atoms with Crippen molar-refractivity contribution in [3.05, 3.63) is 53.8 Å². The van der Waals surface area contributed by atoms with E-state index in [1.54, 1.807) is 24.3 Å². The Hall–Kier alpha value is -3.42. The molecule has 2 amide bonds. The van der Waals surface area contributed by atoms with Crippen molar-refractivity contribution in [1.29, 1.82) is 0 Å². The first-order valence-electron chi connectivity index (χ1n) is 9.18. The predicted molar refractivity (Wildman–Crippen MR) is 109 cm³/mol. The Morgan fingerprint density at radius 3 is 2.59 bits per heavy atom. The molecule has 0 aliphatic carbocycles. The number of nitrogens with one attached hydrogen (secondary N) is 2. The van der Waals surface area contributed by atoms with Gasteiger partial charge in [-0.1, -0.05) is 12.1 Å². The summed E-state index contributed by atoms with van der Waals surface area (Å²) in [4.78, 5) is 23.7. The van der Waals surface area contributed by atoms with Crippen LogP contribution in [0.3, 0.4) is 0 Å². The number of hydrogen-bond acceptors (Lipinski definition) is 5. The Morgan fingerprint density at radius 2 is 1.90 bits per heavy atom. The summed E-state index contributed by atoms with van der Waals surface area (Å²) in [7, 11) is 0. The van der Waals surface area contributed by atoms with E-state index in [-0.39, 0.29) is 11.8 Å². The molecule has 2 aromatic carbocycles. The third kappa shape index (κ3) is 7.25. The van der Waals surface area contributed by atoms with E-state index >= 15 is 0 Å². The van der Waals surface area contributed by atoms with Crippen molar-refractivity contribution < 1.29 is 23.5 Å². The maximum absolute atomic E-state index is 13.5. The zero-order valence-corrected chi connectivity index (χ0v) is 16.6. The number of halogens is 1. The number of ether oxygens (including phenoxy) is 2. The van der Waals surface area contributed by atoms with Crippen LogP contribution < -0.4 is 20.2 Å². The Bertz CT molecular complexity index is 884. The van der Waals surface area contributed by atoms with Crippen LogP contribution in [0.15, 0.2) is 47.6 Å². The maximum Gasteiger partial charge on any atom is 0.249 e. The van der Waals surface area contributed by atoms with Gasteiger partial charge in [-0.15, -0.1) is 0 Å². The lowest BCUT2D eigenvalue weighted by molar-refractivity contribution is -0.126. The van der Waals surface area contributed by atoms with Crippen LogP contribution in [0.1, 0.15) is 32.8 Å². The average molecular weight is 401 g/mol. The second kappa shape index (κ2) is 10.8. The van der Waals surface area contributed by atoms with E-state index in [4.69, 9.17) is 9.47 Å². The van der Waals surface area contributed by atoms with E-state index in [9.17, 15) is 14.0 Å². The van der Waals surface area contributed by atoms with E-state index < -0.39 is 24.1 Å². The number of nitrogens with zero attached hydrogens (tertiary/aromatic N) is 1. The largest absolute Gasteiger partial charge is 0.490 e. The van der Waals surface area contributed by atoms with E-state index in [1.165, 1.54) is 24.4 Å². The van der Waals surface area contributed by atoms with Gasteiger partial charge in [0.25, 0.3) is 0 Å². The lowest BCUT2D eigenvalue weighted by Gasteiger charge is -2.14. The Labute approximate surface area is 168 Å². The molecule has 29 heavy (non-hydrogen) atoms. The second-order valence-corrected chi connectivity index (χ2v) is 6.30. The first-order valence-corrected chi connectivity index (χ1v) is 9.18. The minimum Gasteiger partial charge on any atom is -0.490 e. The lowest BCUT2D eigenvalue weighted by Crippen LogP contribution is -2.24. The molecule has 2 rings (SSSR count). The molecule has 0 aliphatic heterocycles. The molecule has 0 saturated carbocycles. The van der Waals surface area contributed by atoms with Gasteiger partial charge in [0.2, 0.25) is 11.8 Å². The smallest absolute Gasteiger partial charge is 0.249 e. The summed E-state index contributed by atoms with van der Waals surface area (Å²) in [5.74, 6) is -0.653. The molecule has 0 unspecified atom stereocenters. The van der Waals surface area contributed by atoms with Crippen LogP contribution in [0.25, 0.3) is 0 Å². The fraction of sp³-hybridized carbons (Fsp3) is 0.286. The molecule has 154 valence electrons. The number of para-hydroxylation sites is 1. The summed E-state index contributed by atoms with van der Waals surface area (Å²) < 4.78 is 24.8. The van der Waals surface area contributed by atoms with Gasteiger partial charge in [0.1, 0.15) is 12.2 Å². The van der Waals surface area contributed by atoms with Gasteiger partial charge in [-0.2, -0.15) is 5.10 Å². The Balaban J connectivity index is 1.91. The topological polar surface area (TPSA) is 89.0 Å². The van der Waals surface area contributed by atoms with Crippen molar-refractivity contribution in [1.82, 2.24) is 5.43 Å². The fourth-order valence-corrected chi connectivity index (χ4v) is 2.35. The quantitative estimate of drug-likeness (QED) is 0.382. The van der Waals surface area contributed by atoms with Crippen LogP contribution in [0.5, 0.6) is 11.5 Å². The molecule has 0 fully saturated rings.